The Kier molecular flexibility index (Phi) is 3.51. The van der Waals surface area contributed by atoms with Gasteiger partial charge in [0.2, 0.25) is 0 Å². The Bertz CT molecular complexity index is 562. The molecule has 94 valence electrons. The van der Waals surface area contributed by atoms with E-state index >= 15 is 0 Å². The first-order valence-electron chi connectivity index (χ1n) is 6.09. The third-order valence-corrected chi connectivity index (χ3v) is 3.08. The van der Waals surface area contributed by atoms with Gasteiger partial charge in [0.1, 0.15) is 5.82 Å². The van der Waals surface area contributed by atoms with Crippen LogP contribution in [0.15, 0.2) is 30.3 Å². The number of nitrogen functional groups attached to an aromatic ring is 1. The Labute approximate surface area is 108 Å². The number of nitrogens with one attached hydrogen (secondary N) is 1. The van der Waals surface area contributed by atoms with Gasteiger partial charge < -0.3 is 11.1 Å². The van der Waals surface area contributed by atoms with Gasteiger partial charge in [0.25, 0.3) is 0 Å². The maximum atomic E-state index is 5.75. The van der Waals surface area contributed by atoms with Crippen molar-refractivity contribution >= 4 is 11.5 Å². The van der Waals surface area contributed by atoms with Crippen molar-refractivity contribution in [1.82, 2.24) is 4.98 Å². The van der Waals surface area contributed by atoms with E-state index in [4.69, 9.17) is 5.73 Å². The lowest BCUT2D eigenvalue weighted by atomic mass is 10.1. The minimum atomic E-state index is 0.729. The van der Waals surface area contributed by atoms with Crippen LogP contribution < -0.4 is 11.1 Å². The summed E-state index contributed by atoms with van der Waals surface area (Å²) >= 11 is 0. The highest BCUT2D eigenvalue weighted by Crippen LogP contribution is 2.15. The number of pyridine rings is 1. The number of aryl methyl sites for hydroxylation is 3. The molecule has 3 nitrogen and oxygen atoms in total. The maximum absolute atomic E-state index is 5.75. The van der Waals surface area contributed by atoms with Gasteiger partial charge in [0.05, 0.1) is 11.4 Å². The summed E-state index contributed by atoms with van der Waals surface area (Å²) < 4.78 is 0. The van der Waals surface area contributed by atoms with E-state index in [0.29, 0.717) is 0 Å². The summed E-state index contributed by atoms with van der Waals surface area (Å²) in [5.41, 5.74) is 11.2. The molecule has 3 heteroatoms. The van der Waals surface area contributed by atoms with Crippen LogP contribution in [0.2, 0.25) is 0 Å². The van der Waals surface area contributed by atoms with Gasteiger partial charge in [0.15, 0.2) is 0 Å². The standard InChI is InChI=1S/C15H19N3/c1-10-4-5-13(11(2)8-10)9-17-15-7-6-14(16)12(3)18-15/h4-8H,9,16H2,1-3H3,(H,17,18). The van der Waals surface area contributed by atoms with Crippen molar-refractivity contribution in [2.75, 3.05) is 11.1 Å². The molecule has 1 aromatic heterocycles. The Morgan fingerprint density at radius 2 is 1.89 bits per heavy atom. The van der Waals surface area contributed by atoms with Crippen molar-refractivity contribution in [1.29, 1.82) is 0 Å². The summed E-state index contributed by atoms with van der Waals surface area (Å²) in [5, 5.41) is 3.32. The Morgan fingerprint density at radius 1 is 1.11 bits per heavy atom. The van der Waals surface area contributed by atoms with E-state index in [1.807, 2.05) is 19.1 Å². The summed E-state index contributed by atoms with van der Waals surface area (Å²) in [6.45, 7) is 6.93. The second-order valence-corrected chi connectivity index (χ2v) is 4.65. The topological polar surface area (TPSA) is 50.9 Å². The summed E-state index contributed by atoms with van der Waals surface area (Å²) in [7, 11) is 0. The fourth-order valence-corrected chi connectivity index (χ4v) is 1.90. The van der Waals surface area contributed by atoms with Crippen LogP contribution in [0, 0.1) is 20.8 Å². The first-order valence-corrected chi connectivity index (χ1v) is 6.09. The zero-order valence-electron chi connectivity index (χ0n) is 11.1. The summed E-state index contributed by atoms with van der Waals surface area (Å²) in [5.74, 6) is 0.863. The lowest BCUT2D eigenvalue weighted by Crippen LogP contribution is -2.04. The molecule has 0 amide bonds. The van der Waals surface area contributed by atoms with Crippen LogP contribution in [0.25, 0.3) is 0 Å². The predicted octanol–water partition coefficient (Wildman–Crippen LogP) is 3.20. The van der Waals surface area contributed by atoms with Crippen LogP contribution >= 0.6 is 0 Å². The molecular weight excluding hydrogens is 222 g/mol. The molecule has 0 fully saturated rings. The van der Waals surface area contributed by atoms with Gasteiger partial charge in [-0.25, -0.2) is 4.98 Å². The summed E-state index contributed by atoms with van der Waals surface area (Å²) in [4.78, 5) is 4.40. The number of hydrogen-bond acceptors (Lipinski definition) is 3. The van der Waals surface area contributed by atoms with Gasteiger partial charge in [-0.15, -0.1) is 0 Å². The molecule has 0 bridgehead atoms. The second-order valence-electron chi connectivity index (χ2n) is 4.65. The molecule has 0 saturated heterocycles. The van der Waals surface area contributed by atoms with Gasteiger partial charge >= 0.3 is 0 Å². The number of rotatable bonds is 3. The zero-order valence-corrected chi connectivity index (χ0v) is 11.1. The fraction of sp³-hybridized carbons (Fsp3) is 0.267. The SMILES string of the molecule is Cc1ccc(CNc2ccc(N)c(C)n2)c(C)c1. The molecule has 0 aliphatic rings. The number of hydrogen-bond donors (Lipinski definition) is 2. The van der Waals surface area contributed by atoms with Gasteiger partial charge in [-0.3, -0.25) is 0 Å². The molecule has 3 N–H and O–H groups in total. The Hall–Kier alpha value is -2.03. The maximum Gasteiger partial charge on any atom is 0.126 e. The third-order valence-electron chi connectivity index (χ3n) is 3.08. The molecule has 1 aromatic carbocycles. The quantitative estimate of drug-likeness (QED) is 0.867. The van der Waals surface area contributed by atoms with E-state index in [2.05, 4.69) is 42.3 Å². The molecule has 0 aliphatic heterocycles. The molecule has 2 aromatic rings. The first kappa shape index (κ1) is 12.4. The molecule has 0 atom stereocenters. The molecule has 0 spiro atoms. The molecule has 0 aliphatic carbocycles. The minimum absolute atomic E-state index is 0.729. The molecular formula is C15H19N3. The van der Waals surface area contributed by atoms with Crippen molar-refractivity contribution in [2.24, 2.45) is 0 Å². The Balaban J connectivity index is 2.09. The molecule has 18 heavy (non-hydrogen) atoms. The van der Waals surface area contributed by atoms with Gasteiger partial charge in [-0.05, 0) is 44.0 Å². The molecule has 0 saturated carbocycles. The predicted molar refractivity (Wildman–Crippen MR) is 76.6 cm³/mol. The van der Waals surface area contributed by atoms with Crippen LogP contribution in [0.1, 0.15) is 22.4 Å². The average molecular weight is 241 g/mol. The highest BCUT2D eigenvalue weighted by molar-refractivity contribution is 5.49. The van der Waals surface area contributed by atoms with Crippen LogP contribution in [0.5, 0.6) is 0 Å². The second kappa shape index (κ2) is 5.08. The van der Waals surface area contributed by atoms with Gasteiger partial charge in [0, 0.05) is 6.54 Å². The zero-order chi connectivity index (χ0) is 13.1. The Morgan fingerprint density at radius 3 is 2.56 bits per heavy atom. The van der Waals surface area contributed by atoms with Crippen molar-refractivity contribution in [3.63, 3.8) is 0 Å². The molecule has 2 rings (SSSR count). The van der Waals surface area contributed by atoms with Crippen molar-refractivity contribution in [3.05, 3.63) is 52.7 Å². The minimum Gasteiger partial charge on any atom is -0.397 e. The van der Waals surface area contributed by atoms with E-state index < -0.39 is 0 Å². The van der Waals surface area contributed by atoms with Crippen molar-refractivity contribution in [2.45, 2.75) is 27.3 Å². The van der Waals surface area contributed by atoms with E-state index in [1.54, 1.807) is 0 Å². The van der Waals surface area contributed by atoms with E-state index in [9.17, 15) is 0 Å². The van der Waals surface area contributed by atoms with E-state index in [0.717, 1.165) is 23.7 Å². The number of nitrogens with two attached hydrogens (primary N) is 1. The lowest BCUT2D eigenvalue weighted by Gasteiger charge is -2.10. The van der Waals surface area contributed by atoms with Crippen molar-refractivity contribution in [3.8, 4) is 0 Å². The average Bonchev–Trinajstić information content (AvgIpc) is 2.32. The van der Waals surface area contributed by atoms with E-state index in [-0.39, 0.29) is 0 Å². The van der Waals surface area contributed by atoms with Crippen LogP contribution in [-0.4, -0.2) is 4.98 Å². The van der Waals surface area contributed by atoms with Crippen LogP contribution in [-0.2, 0) is 6.54 Å². The largest absolute Gasteiger partial charge is 0.397 e. The van der Waals surface area contributed by atoms with Crippen LogP contribution in [0.3, 0.4) is 0 Å². The summed E-state index contributed by atoms with van der Waals surface area (Å²) in [6, 6.07) is 10.3. The highest BCUT2D eigenvalue weighted by Gasteiger charge is 2.01. The van der Waals surface area contributed by atoms with Gasteiger partial charge in [-0.2, -0.15) is 0 Å². The number of aromatic nitrogens is 1. The monoisotopic (exact) mass is 241 g/mol. The molecule has 0 radical (unpaired) electrons. The third kappa shape index (κ3) is 2.80. The molecule has 1 heterocycles. The van der Waals surface area contributed by atoms with Crippen LogP contribution in [0.4, 0.5) is 11.5 Å². The van der Waals surface area contributed by atoms with Crippen molar-refractivity contribution < 1.29 is 0 Å². The first-order chi connectivity index (χ1) is 8.56. The highest BCUT2D eigenvalue weighted by atomic mass is 15.0. The normalized spacial score (nSPS) is 10.4. The fourth-order valence-electron chi connectivity index (χ4n) is 1.90. The smallest absolute Gasteiger partial charge is 0.126 e. The number of anilines is 2. The number of nitrogens with zero attached hydrogens (tertiary/aromatic N) is 1. The molecule has 0 unspecified atom stereocenters. The van der Waals surface area contributed by atoms with E-state index in [1.165, 1.54) is 16.7 Å². The number of benzene rings is 1. The lowest BCUT2D eigenvalue weighted by molar-refractivity contribution is 1.07. The summed E-state index contributed by atoms with van der Waals surface area (Å²) in [6.07, 6.45) is 0. The van der Waals surface area contributed by atoms with Gasteiger partial charge in [-0.1, -0.05) is 23.8 Å².